The number of aliphatic hydroxyl groups excluding tert-OH is 1. The molecule has 0 radical (unpaired) electrons. The Hall–Kier alpha value is -1.80. The number of amides is 1. The largest absolute Gasteiger partial charge is 0.756 e. The Labute approximate surface area is 441 Å². The van der Waals surface area contributed by atoms with Crippen LogP contribution < -0.4 is 10.2 Å². The summed E-state index contributed by atoms with van der Waals surface area (Å²) >= 11 is 0. The SMILES string of the molecule is CCCCCCC/C=C\C/C=C\CCCCCCCCCCCCCCCC(=O)NC(COP(=O)([O-])OCC[N+](C)(C)C)C(O)/C=C/CC/C=C/CC/C=C/CCCCCCCCCCCCCCCC. The Kier molecular flexibility index (Phi) is 51.7. The quantitative estimate of drug-likeness (QED) is 0.0272. The molecule has 0 aromatic rings. The molecule has 416 valence electrons. The van der Waals surface area contributed by atoms with Crippen LogP contribution in [0, 0.1) is 0 Å². The van der Waals surface area contributed by atoms with Gasteiger partial charge in [-0.05, 0) is 77.0 Å². The van der Waals surface area contributed by atoms with Gasteiger partial charge in [0.05, 0.1) is 39.9 Å². The zero-order valence-corrected chi connectivity index (χ0v) is 48.3. The maximum Gasteiger partial charge on any atom is 0.268 e. The zero-order valence-electron chi connectivity index (χ0n) is 47.4. The minimum Gasteiger partial charge on any atom is -0.756 e. The molecule has 0 aliphatic carbocycles. The van der Waals surface area contributed by atoms with E-state index >= 15 is 0 Å². The monoisotopic (exact) mass is 1020 g/mol. The first-order valence-corrected chi connectivity index (χ1v) is 31.6. The summed E-state index contributed by atoms with van der Waals surface area (Å²) < 4.78 is 23.4. The number of aliphatic hydroxyl groups is 1. The van der Waals surface area contributed by atoms with E-state index in [9.17, 15) is 19.4 Å². The molecule has 0 spiro atoms. The number of nitrogens with zero attached hydrogens (tertiary/aromatic N) is 1. The standard InChI is InChI=1S/C62H117N2O6P/c1-6-8-10-12-14-16-18-20-22-24-26-28-30-32-34-36-38-40-42-44-46-48-50-52-54-56-62(66)63-60(59-70-71(67,68)69-58-57-64(3,4)5)61(65)55-53-51-49-47-45-43-41-39-37-35-33-31-29-27-25-23-21-19-17-15-13-11-9-7-2/h18,20,24,26,37,39,45,47,53,55,60-61,65H,6-17,19,21-23,25,27-36,38,40-44,46,48-52,54,56-59H2,1-5H3,(H-,63,66,67,68)/b20-18-,26-24-,39-37+,47-45+,55-53+. The molecule has 0 heterocycles. The van der Waals surface area contributed by atoms with Crippen molar-refractivity contribution >= 4 is 13.7 Å². The predicted molar refractivity (Wildman–Crippen MR) is 307 cm³/mol. The average Bonchev–Trinajstić information content (AvgIpc) is 3.33. The van der Waals surface area contributed by atoms with Crippen LogP contribution in [0.15, 0.2) is 60.8 Å². The molecule has 8 nitrogen and oxygen atoms in total. The Bertz CT molecular complexity index is 1340. The summed E-state index contributed by atoms with van der Waals surface area (Å²) in [5.41, 5.74) is 0. The molecule has 0 aromatic heterocycles. The van der Waals surface area contributed by atoms with E-state index in [1.807, 2.05) is 27.2 Å². The van der Waals surface area contributed by atoms with Crippen molar-refractivity contribution in [2.24, 2.45) is 0 Å². The van der Waals surface area contributed by atoms with Crippen molar-refractivity contribution < 1.29 is 32.9 Å². The van der Waals surface area contributed by atoms with E-state index in [2.05, 4.69) is 67.8 Å². The Morgan fingerprint density at radius 1 is 0.493 bits per heavy atom. The molecule has 71 heavy (non-hydrogen) atoms. The van der Waals surface area contributed by atoms with Crippen molar-refractivity contribution in [3.05, 3.63) is 60.8 Å². The maximum atomic E-state index is 13.0. The molecule has 3 atom stereocenters. The third-order valence-electron chi connectivity index (χ3n) is 13.4. The summed E-state index contributed by atoms with van der Waals surface area (Å²) in [5.74, 6) is -0.211. The summed E-state index contributed by atoms with van der Waals surface area (Å²) in [4.78, 5) is 25.5. The van der Waals surface area contributed by atoms with Crippen molar-refractivity contribution in [3.63, 3.8) is 0 Å². The molecule has 0 rings (SSSR count). The number of rotatable bonds is 55. The number of phosphoric ester groups is 1. The third-order valence-corrected chi connectivity index (χ3v) is 14.4. The molecular formula is C62H117N2O6P. The van der Waals surface area contributed by atoms with Crippen LogP contribution in [0.5, 0.6) is 0 Å². The van der Waals surface area contributed by atoms with E-state index in [0.29, 0.717) is 17.4 Å². The van der Waals surface area contributed by atoms with E-state index in [1.165, 1.54) is 205 Å². The zero-order chi connectivity index (χ0) is 52.0. The maximum absolute atomic E-state index is 13.0. The van der Waals surface area contributed by atoms with E-state index in [4.69, 9.17) is 9.05 Å². The van der Waals surface area contributed by atoms with Crippen molar-refractivity contribution in [1.29, 1.82) is 0 Å². The number of allylic oxidation sites excluding steroid dienone is 9. The van der Waals surface area contributed by atoms with Gasteiger partial charge < -0.3 is 28.8 Å². The van der Waals surface area contributed by atoms with Gasteiger partial charge in [0.25, 0.3) is 7.82 Å². The molecule has 0 saturated heterocycles. The van der Waals surface area contributed by atoms with E-state index < -0.39 is 26.6 Å². The number of carbonyl (C=O) groups excluding carboxylic acids is 1. The number of hydrogen-bond acceptors (Lipinski definition) is 6. The first-order chi connectivity index (χ1) is 34.5. The molecule has 0 saturated carbocycles. The van der Waals surface area contributed by atoms with Crippen LogP contribution >= 0.6 is 7.82 Å². The van der Waals surface area contributed by atoms with Crippen molar-refractivity contribution in [2.75, 3.05) is 40.9 Å². The van der Waals surface area contributed by atoms with Gasteiger partial charge in [-0.25, -0.2) is 0 Å². The van der Waals surface area contributed by atoms with Gasteiger partial charge in [-0.15, -0.1) is 0 Å². The molecule has 0 aliphatic rings. The van der Waals surface area contributed by atoms with Gasteiger partial charge in [0.15, 0.2) is 0 Å². The lowest BCUT2D eigenvalue weighted by Crippen LogP contribution is -2.45. The summed E-state index contributed by atoms with van der Waals surface area (Å²) in [7, 11) is 1.24. The lowest BCUT2D eigenvalue weighted by Gasteiger charge is -2.29. The van der Waals surface area contributed by atoms with Crippen molar-refractivity contribution in [1.82, 2.24) is 5.32 Å². The van der Waals surface area contributed by atoms with Crippen molar-refractivity contribution in [2.45, 2.75) is 289 Å². The van der Waals surface area contributed by atoms with E-state index in [-0.39, 0.29) is 12.5 Å². The highest BCUT2D eigenvalue weighted by molar-refractivity contribution is 7.45. The van der Waals surface area contributed by atoms with Gasteiger partial charge in [-0.3, -0.25) is 9.36 Å². The Morgan fingerprint density at radius 3 is 1.23 bits per heavy atom. The lowest BCUT2D eigenvalue weighted by atomic mass is 10.0. The highest BCUT2D eigenvalue weighted by Crippen LogP contribution is 2.38. The van der Waals surface area contributed by atoms with Gasteiger partial charge in [-0.2, -0.15) is 0 Å². The molecule has 1 amide bonds. The minimum absolute atomic E-state index is 0.0102. The summed E-state index contributed by atoms with van der Waals surface area (Å²) in [6.07, 6.45) is 71.6. The van der Waals surface area contributed by atoms with Crippen LogP contribution in [0.2, 0.25) is 0 Å². The number of unbranched alkanes of at least 4 members (excludes halogenated alkanes) is 34. The van der Waals surface area contributed by atoms with Crippen molar-refractivity contribution in [3.8, 4) is 0 Å². The van der Waals surface area contributed by atoms with Crippen LogP contribution in [0.1, 0.15) is 277 Å². The normalized spacial score (nSPS) is 14.3. The second-order valence-electron chi connectivity index (χ2n) is 21.7. The van der Waals surface area contributed by atoms with Gasteiger partial charge >= 0.3 is 0 Å². The molecule has 0 bridgehead atoms. The smallest absolute Gasteiger partial charge is 0.268 e. The van der Waals surface area contributed by atoms with Crippen LogP contribution in [0.25, 0.3) is 0 Å². The van der Waals surface area contributed by atoms with Gasteiger partial charge in [0, 0.05) is 6.42 Å². The van der Waals surface area contributed by atoms with Crippen LogP contribution in [-0.4, -0.2) is 68.5 Å². The average molecular weight is 1020 g/mol. The van der Waals surface area contributed by atoms with Crippen LogP contribution in [-0.2, 0) is 18.4 Å². The number of likely N-dealkylation sites (N-methyl/N-ethyl adjacent to an activating group) is 1. The second kappa shape index (κ2) is 53.0. The van der Waals surface area contributed by atoms with E-state index in [1.54, 1.807) is 6.08 Å². The number of carbonyl (C=O) groups is 1. The van der Waals surface area contributed by atoms with Gasteiger partial charge in [0.2, 0.25) is 5.91 Å². The first kappa shape index (κ1) is 69.2. The summed E-state index contributed by atoms with van der Waals surface area (Å²) in [5, 5.41) is 13.9. The fourth-order valence-electron chi connectivity index (χ4n) is 8.69. The highest BCUT2D eigenvalue weighted by atomic mass is 31.2. The van der Waals surface area contributed by atoms with E-state index in [0.717, 1.165) is 51.4 Å². The van der Waals surface area contributed by atoms with Crippen LogP contribution in [0.4, 0.5) is 0 Å². The predicted octanol–water partition coefficient (Wildman–Crippen LogP) is 17.9. The molecule has 3 unspecified atom stereocenters. The molecule has 9 heteroatoms. The van der Waals surface area contributed by atoms with Gasteiger partial charge in [0.1, 0.15) is 13.2 Å². The number of quaternary nitrogens is 1. The fraction of sp³-hybridized carbons (Fsp3) is 0.823. The fourth-order valence-corrected chi connectivity index (χ4v) is 9.41. The summed E-state index contributed by atoms with van der Waals surface area (Å²) in [6, 6.07) is -0.913. The number of hydrogen-bond donors (Lipinski definition) is 2. The highest BCUT2D eigenvalue weighted by Gasteiger charge is 2.23. The Morgan fingerprint density at radius 2 is 0.831 bits per heavy atom. The lowest BCUT2D eigenvalue weighted by molar-refractivity contribution is -0.870. The summed E-state index contributed by atoms with van der Waals surface area (Å²) in [6.45, 7) is 4.64. The first-order valence-electron chi connectivity index (χ1n) is 30.2. The molecule has 0 aromatic carbocycles. The number of phosphoric acid groups is 1. The van der Waals surface area contributed by atoms with Crippen LogP contribution in [0.3, 0.4) is 0 Å². The minimum atomic E-state index is -4.61. The molecular weight excluding hydrogens is 900 g/mol. The van der Waals surface area contributed by atoms with Gasteiger partial charge in [-0.1, -0.05) is 254 Å². The third kappa shape index (κ3) is 55.8. The number of nitrogens with one attached hydrogen (secondary N) is 1. The molecule has 0 fully saturated rings. The second-order valence-corrected chi connectivity index (χ2v) is 23.1. The molecule has 0 aliphatic heterocycles. The Balaban J connectivity index is 4.26. The topological polar surface area (TPSA) is 108 Å². The molecule has 2 N–H and O–H groups in total.